The van der Waals surface area contributed by atoms with Gasteiger partial charge in [0.2, 0.25) is 0 Å². The van der Waals surface area contributed by atoms with Gasteiger partial charge in [0.15, 0.2) is 0 Å². The number of nitrogens with one attached hydrogen (secondary N) is 2. The van der Waals surface area contributed by atoms with E-state index in [-0.39, 0.29) is 11.6 Å². The number of benzene rings is 2. The van der Waals surface area contributed by atoms with Crippen LogP contribution >= 0.6 is 11.6 Å². The van der Waals surface area contributed by atoms with Crippen LogP contribution in [0.25, 0.3) is 22.0 Å². The van der Waals surface area contributed by atoms with Crippen LogP contribution in [0.4, 0.5) is 11.6 Å². The third-order valence-electron chi connectivity index (χ3n) is 9.34. The molecule has 9 nitrogen and oxygen atoms in total. The number of para-hydroxylation sites is 1. The normalized spacial score (nSPS) is 18.6. The molecule has 3 atom stereocenters. The Hall–Kier alpha value is -4.44. The first-order chi connectivity index (χ1) is 22.6. The van der Waals surface area contributed by atoms with Crippen molar-refractivity contribution < 1.29 is 9.84 Å². The molecule has 4 heterocycles. The average molecular weight is 653 g/mol. The summed E-state index contributed by atoms with van der Waals surface area (Å²) < 4.78 is 7.52. The van der Waals surface area contributed by atoms with Crippen LogP contribution in [0.5, 0.6) is 0 Å². The summed E-state index contributed by atoms with van der Waals surface area (Å²) in [4.78, 5) is 25.6. The summed E-state index contributed by atoms with van der Waals surface area (Å²) in [6.07, 6.45) is 9.89. The number of nitrogens with zero attached hydrogens (tertiary/aromatic N) is 4. The molecule has 2 aliphatic rings. The van der Waals surface area contributed by atoms with Crippen molar-refractivity contribution in [2.45, 2.75) is 64.3 Å². The maximum atomic E-state index is 14.9. The Morgan fingerprint density at radius 3 is 2.66 bits per heavy atom. The quantitative estimate of drug-likeness (QED) is 0.186. The number of hydrogen-bond acceptors (Lipinski definition) is 8. The Morgan fingerprint density at radius 1 is 1.17 bits per heavy atom. The largest absolute Gasteiger partial charge is 0.384 e. The Kier molecular flexibility index (Phi) is 8.98. The molecule has 10 heteroatoms. The molecule has 0 saturated heterocycles. The third kappa shape index (κ3) is 5.95. The summed E-state index contributed by atoms with van der Waals surface area (Å²) >= 11 is 7.36. The predicted molar refractivity (Wildman–Crippen MR) is 190 cm³/mol. The van der Waals surface area contributed by atoms with E-state index in [1.54, 1.807) is 24.0 Å². The van der Waals surface area contributed by atoms with Gasteiger partial charge in [-0.2, -0.15) is 0 Å². The molecule has 3 unspecified atom stereocenters. The van der Waals surface area contributed by atoms with Crippen LogP contribution in [-0.2, 0) is 4.74 Å². The van der Waals surface area contributed by atoms with E-state index >= 15 is 0 Å². The minimum absolute atomic E-state index is 0.0515. The van der Waals surface area contributed by atoms with Gasteiger partial charge in [0, 0.05) is 37.6 Å². The van der Waals surface area contributed by atoms with Crippen molar-refractivity contribution in [1.82, 2.24) is 19.9 Å². The Morgan fingerprint density at radius 2 is 1.94 bits per heavy atom. The van der Waals surface area contributed by atoms with Gasteiger partial charge in [-0.05, 0) is 63.0 Å². The smallest absolute Gasteiger partial charge is 0.263 e. The van der Waals surface area contributed by atoms with Crippen LogP contribution in [0, 0.1) is 0 Å². The SMILES string of the molecule is CCC1=CC(c2cccc3c(Cl)c(C(C)Nc4ncnc5c4C(O)C=CN5C)n(-c4ccccc4)c(=O)c23)=CNC(C(C)(C)OC)C1. The molecular formula is C37H41ClN6O3. The van der Waals surface area contributed by atoms with Gasteiger partial charge in [-0.25, -0.2) is 9.97 Å². The first-order valence-electron chi connectivity index (χ1n) is 15.9. The zero-order valence-corrected chi connectivity index (χ0v) is 28.3. The van der Waals surface area contributed by atoms with Crippen molar-refractivity contribution in [2.75, 3.05) is 24.4 Å². The van der Waals surface area contributed by atoms with Gasteiger partial charge in [0.25, 0.3) is 5.56 Å². The van der Waals surface area contributed by atoms with E-state index in [0.717, 1.165) is 24.0 Å². The van der Waals surface area contributed by atoms with Crippen LogP contribution < -0.4 is 21.1 Å². The van der Waals surface area contributed by atoms with E-state index in [4.69, 9.17) is 16.3 Å². The number of allylic oxidation sites excluding steroid dienone is 2. The van der Waals surface area contributed by atoms with Gasteiger partial charge >= 0.3 is 0 Å². The van der Waals surface area contributed by atoms with Gasteiger partial charge in [0.1, 0.15) is 24.1 Å². The second-order valence-electron chi connectivity index (χ2n) is 12.6. The zero-order chi connectivity index (χ0) is 33.5. The summed E-state index contributed by atoms with van der Waals surface area (Å²) in [6, 6.07) is 14.9. The first kappa shape index (κ1) is 32.5. The van der Waals surface area contributed by atoms with Crippen LogP contribution in [0.15, 0.2) is 89.8 Å². The molecular weight excluding hydrogens is 612 g/mol. The summed E-state index contributed by atoms with van der Waals surface area (Å²) in [5, 5.41) is 19.5. The van der Waals surface area contributed by atoms with E-state index in [0.29, 0.717) is 44.4 Å². The fourth-order valence-corrected chi connectivity index (χ4v) is 6.81. The van der Waals surface area contributed by atoms with E-state index in [1.165, 1.54) is 11.9 Å². The Bertz CT molecular complexity index is 1970. The topological polar surface area (TPSA) is 105 Å². The number of fused-ring (bicyclic) bond motifs is 2. The molecule has 2 aliphatic heterocycles. The molecule has 244 valence electrons. The Balaban J connectivity index is 1.54. The molecule has 2 aromatic carbocycles. The number of aliphatic hydroxyl groups excluding tert-OH is 1. The standard InChI is InChI=1S/C37H41ClN6O3/c1-7-23-18-24(20-39-29(19-23)37(3,4)47-6)26-14-11-15-27-30(26)36(46)44(25-12-9-8-10-13-25)33(32(27)38)22(2)42-34-31-28(45)16-17-43(5)35(31)41-21-40-34/h8-18,20-22,28-29,39,45H,7,19H2,1-6H3,(H,40,41,42). The molecule has 3 N–H and O–H groups in total. The molecule has 0 fully saturated rings. The molecule has 0 spiro atoms. The van der Waals surface area contributed by atoms with Gasteiger partial charge < -0.3 is 25.4 Å². The Labute approximate surface area is 280 Å². The highest BCUT2D eigenvalue weighted by Gasteiger charge is 2.31. The fraction of sp³-hybridized carbons (Fsp3) is 0.324. The number of hydrogen-bond donors (Lipinski definition) is 3. The van der Waals surface area contributed by atoms with E-state index < -0.39 is 17.7 Å². The van der Waals surface area contributed by atoms with Crippen molar-refractivity contribution in [3.8, 4) is 5.69 Å². The highest BCUT2D eigenvalue weighted by Crippen LogP contribution is 2.39. The maximum Gasteiger partial charge on any atom is 0.263 e. The van der Waals surface area contributed by atoms with Crippen molar-refractivity contribution in [3.63, 3.8) is 0 Å². The molecule has 2 aromatic heterocycles. The van der Waals surface area contributed by atoms with Crippen molar-refractivity contribution in [1.29, 1.82) is 0 Å². The second-order valence-corrected chi connectivity index (χ2v) is 13.0. The van der Waals surface area contributed by atoms with E-state index in [1.807, 2.05) is 73.6 Å². The minimum Gasteiger partial charge on any atom is -0.384 e. The van der Waals surface area contributed by atoms with Crippen LogP contribution in [0.1, 0.15) is 69.5 Å². The van der Waals surface area contributed by atoms with Crippen LogP contribution in [0.3, 0.4) is 0 Å². The summed E-state index contributed by atoms with van der Waals surface area (Å²) in [5.74, 6) is 1.06. The number of aromatic nitrogens is 3. The zero-order valence-electron chi connectivity index (χ0n) is 27.6. The van der Waals surface area contributed by atoms with Gasteiger partial charge in [-0.3, -0.25) is 9.36 Å². The number of ether oxygens (including phenoxy) is 1. The number of halogens is 1. The van der Waals surface area contributed by atoms with Crippen molar-refractivity contribution in [2.24, 2.45) is 0 Å². The van der Waals surface area contributed by atoms with Crippen molar-refractivity contribution >= 4 is 39.6 Å². The molecule has 47 heavy (non-hydrogen) atoms. The van der Waals surface area contributed by atoms with Crippen molar-refractivity contribution in [3.05, 3.63) is 117 Å². The summed E-state index contributed by atoms with van der Waals surface area (Å²) in [7, 11) is 3.60. The highest BCUT2D eigenvalue weighted by atomic mass is 35.5. The summed E-state index contributed by atoms with van der Waals surface area (Å²) in [6.45, 7) is 8.24. The van der Waals surface area contributed by atoms with E-state index in [2.05, 4.69) is 47.4 Å². The lowest BCUT2D eigenvalue weighted by molar-refractivity contribution is -0.00632. The lowest BCUT2D eigenvalue weighted by Crippen LogP contribution is -2.46. The molecule has 0 aliphatic carbocycles. The van der Waals surface area contributed by atoms with Gasteiger partial charge in [0.05, 0.1) is 39.4 Å². The minimum atomic E-state index is -0.889. The molecule has 4 aromatic rings. The van der Waals surface area contributed by atoms with E-state index in [9.17, 15) is 9.90 Å². The predicted octanol–water partition coefficient (Wildman–Crippen LogP) is 7.07. The lowest BCUT2D eigenvalue weighted by Gasteiger charge is -2.33. The molecule has 0 radical (unpaired) electrons. The monoisotopic (exact) mass is 652 g/mol. The lowest BCUT2D eigenvalue weighted by atomic mass is 9.91. The number of anilines is 2. The average Bonchev–Trinajstić information content (AvgIpc) is 3.31. The highest BCUT2D eigenvalue weighted by molar-refractivity contribution is 6.36. The number of pyridine rings is 1. The molecule has 6 rings (SSSR count). The van der Waals surface area contributed by atoms with Crippen LogP contribution in [0.2, 0.25) is 5.02 Å². The molecule has 0 amide bonds. The molecule has 0 saturated carbocycles. The fourth-order valence-electron chi connectivity index (χ4n) is 6.41. The summed E-state index contributed by atoms with van der Waals surface area (Å²) in [5.41, 5.74) is 4.20. The van der Waals surface area contributed by atoms with Crippen LogP contribution in [-0.4, -0.2) is 45.4 Å². The third-order valence-corrected chi connectivity index (χ3v) is 9.74. The number of methoxy groups -OCH3 is 1. The van der Waals surface area contributed by atoms with Gasteiger partial charge in [-0.1, -0.05) is 66.6 Å². The van der Waals surface area contributed by atoms with Gasteiger partial charge in [-0.15, -0.1) is 0 Å². The number of rotatable bonds is 8. The second kappa shape index (κ2) is 13.0. The number of aliphatic hydroxyl groups is 1. The molecule has 0 bridgehead atoms. The maximum absolute atomic E-state index is 14.9. The first-order valence-corrected chi connectivity index (χ1v) is 16.3.